The number of nitrogens with zero attached hydrogens (tertiary/aromatic N) is 2. The number of hydrogen-bond donors (Lipinski definition) is 1. The van der Waals surface area contributed by atoms with Gasteiger partial charge in [-0.05, 0) is 43.8 Å². The largest absolute Gasteiger partial charge is 0.369 e. The maximum absolute atomic E-state index is 12.2. The second kappa shape index (κ2) is 7.15. The third-order valence-corrected chi connectivity index (χ3v) is 5.34. The van der Waals surface area contributed by atoms with Crippen LogP contribution in [0.5, 0.6) is 0 Å². The summed E-state index contributed by atoms with van der Waals surface area (Å²) in [5.41, 5.74) is 2.81. The highest BCUT2D eigenvalue weighted by molar-refractivity contribution is 7.10. The van der Waals surface area contributed by atoms with Gasteiger partial charge in [0.15, 0.2) is 0 Å². The Kier molecular flexibility index (Phi) is 4.98. The number of piperazine rings is 1. The number of thiophene rings is 1. The van der Waals surface area contributed by atoms with E-state index in [9.17, 15) is 4.79 Å². The number of hydrogen-bond acceptors (Lipinski definition) is 4. The first-order valence-electron chi connectivity index (χ1n) is 8.08. The lowest BCUT2D eigenvalue weighted by Gasteiger charge is -2.34. The third kappa shape index (κ3) is 3.92. The Bertz CT molecular complexity index is 657. The summed E-state index contributed by atoms with van der Waals surface area (Å²) in [4.78, 5) is 18.2. The van der Waals surface area contributed by atoms with Crippen LogP contribution in [0.25, 0.3) is 0 Å². The first-order chi connectivity index (χ1) is 11.2. The summed E-state index contributed by atoms with van der Waals surface area (Å²) in [6, 6.07) is 10.1. The van der Waals surface area contributed by atoms with Crippen molar-refractivity contribution in [2.75, 3.05) is 43.4 Å². The fraction of sp³-hybridized carbons (Fsp3) is 0.389. The molecule has 5 heteroatoms. The molecule has 1 N–H and O–H groups in total. The predicted octanol–water partition coefficient (Wildman–Crippen LogP) is 3.31. The molecule has 0 saturated carbocycles. The Morgan fingerprint density at radius 3 is 2.48 bits per heavy atom. The van der Waals surface area contributed by atoms with Gasteiger partial charge < -0.3 is 15.1 Å². The summed E-state index contributed by atoms with van der Waals surface area (Å²) in [6.45, 7) is 6.39. The Morgan fingerprint density at radius 2 is 1.87 bits per heavy atom. The van der Waals surface area contributed by atoms with Crippen LogP contribution in [0, 0.1) is 0 Å². The molecule has 1 aliphatic rings. The molecule has 1 amide bonds. The van der Waals surface area contributed by atoms with E-state index in [-0.39, 0.29) is 5.91 Å². The first-order valence-corrected chi connectivity index (χ1v) is 8.96. The van der Waals surface area contributed by atoms with E-state index in [4.69, 9.17) is 0 Å². The van der Waals surface area contributed by atoms with E-state index in [0.29, 0.717) is 0 Å². The number of rotatable bonds is 4. The monoisotopic (exact) mass is 329 g/mol. The molecule has 1 aromatic heterocycles. The minimum absolute atomic E-state index is 0.0340. The van der Waals surface area contributed by atoms with Gasteiger partial charge in [0, 0.05) is 47.8 Å². The highest BCUT2D eigenvalue weighted by atomic mass is 32.1. The fourth-order valence-corrected chi connectivity index (χ4v) is 3.52. The van der Waals surface area contributed by atoms with Crippen molar-refractivity contribution in [3.8, 4) is 0 Å². The number of likely N-dealkylation sites (N-methyl/N-ethyl adjacent to an activating group) is 1. The lowest BCUT2D eigenvalue weighted by molar-refractivity contribution is 0.102. The second-order valence-corrected chi connectivity index (χ2v) is 6.94. The van der Waals surface area contributed by atoms with Gasteiger partial charge in [-0.25, -0.2) is 0 Å². The molecule has 0 spiro atoms. The number of anilines is 2. The third-order valence-electron chi connectivity index (χ3n) is 4.26. The first kappa shape index (κ1) is 16.0. The van der Waals surface area contributed by atoms with Gasteiger partial charge in [0.2, 0.25) is 0 Å². The van der Waals surface area contributed by atoms with Crippen molar-refractivity contribution in [2.45, 2.75) is 13.3 Å². The van der Waals surface area contributed by atoms with E-state index in [2.05, 4.69) is 41.2 Å². The average molecular weight is 329 g/mol. The van der Waals surface area contributed by atoms with Crippen molar-refractivity contribution in [2.24, 2.45) is 0 Å². The van der Waals surface area contributed by atoms with Crippen LogP contribution in [0.3, 0.4) is 0 Å². The van der Waals surface area contributed by atoms with Crippen LogP contribution >= 0.6 is 11.3 Å². The van der Waals surface area contributed by atoms with Gasteiger partial charge in [0.1, 0.15) is 0 Å². The quantitative estimate of drug-likeness (QED) is 0.935. The van der Waals surface area contributed by atoms with E-state index in [1.54, 1.807) is 11.3 Å². The molecule has 1 fully saturated rings. The minimum atomic E-state index is -0.0340. The van der Waals surface area contributed by atoms with Gasteiger partial charge in [0.05, 0.1) is 5.56 Å². The number of carbonyl (C=O) groups is 1. The van der Waals surface area contributed by atoms with Crippen molar-refractivity contribution >= 4 is 28.6 Å². The normalized spacial score (nSPS) is 15.7. The van der Waals surface area contributed by atoms with E-state index in [1.165, 1.54) is 10.6 Å². The second-order valence-electron chi connectivity index (χ2n) is 5.95. The number of carbonyl (C=O) groups excluding carboxylic acids is 1. The molecule has 122 valence electrons. The predicted molar refractivity (Wildman–Crippen MR) is 97.8 cm³/mol. The molecule has 0 bridgehead atoms. The van der Waals surface area contributed by atoms with Crippen molar-refractivity contribution in [3.63, 3.8) is 0 Å². The van der Waals surface area contributed by atoms with Crippen LogP contribution < -0.4 is 10.2 Å². The molecule has 1 aromatic carbocycles. The van der Waals surface area contributed by atoms with Crippen LogP contribution in [0.1, 0.15) is 22.2 Å². The maximum Gasteiger partial charge on any atom is 0.256 e. The van der Waals surface area contributed by atoms with Crippen molar-refractivity contribution in [1.82, 2.24) is 4.90 Å². The summed E-state index contributed by atoms with van der Waals surface area (Å²) in [6.07, 6.45) is 0.970. The molecule has 0 radical (unpaired) electrons. The Morgan fingerprint density at radius 1 is 1.17 bits per heavy atom. The van der Waals surface area contributed by atoms with Crippen molar-refractivity contribution in [3.05, 3.63) is 46.2 Å². The molecule has 4 nitrogen and oxygen atoms in total. The molecule has 0 aliphatic carbocycles. The van der Waals surface area contributed by atoms with E-state index in [1.807, 2.05) is 23.6 Å². The zero-order chi connectivity index (χ0) is 16.2. The molecule has 23 heavy (non-hydrogen) atoms. The summed E-state index contributed by atoms with van der Waals surface area (Å²) in [5.74, 6) is -0.0340. The molecule has 2 aromatic rings. The Labute approximate surface area is 141 Å². The fourth-order valence-electron chi connectivity index (χ4n) is 2.71. The zero-order valence-electron chi connectivity index (χ0n) is 13.7. The molecule has 2 heterocycles. The lowest BCUT2D eigenvalue weighted by Crippen LogP contribution is -2.44. The minimum Gasteiger partial charge on any atom is -0.369 e. The number of nitrogens with one attached hydrogen (secondary N) is 1. The summed E-state index contributed by atoms with van der Waals surface area (Å²) < 4.78 is 0. The molecule has 1 aliphatic heterocycles. The van der Waals surface area contributed by atoms with Crippen molar-refractivity contribution < 1.29 is 4.79 Å². The van der Waals surface area contributed by atoms with Gasteiger partial charge in [-0.3, -0.25) is 4.79 Å². The summed E-state index contributed by atoms with van der Waals surface area (Å²) in [5, 5.41) is 4.90. The van der Waals surface area contributed by atoms with Crippen molar-refractivity contribution in [1.29, 1.82) is 0 Å². The summed E-state index contributed by atoms with van der Waals surface area (Å²) in [7, 11) is 2.16. The highest BCUT2D eigenvalue weighted by Crippen LogP contribution is 2.21. The number of benzene rings is 1. The van der Waals surface area contributed by atoms with Gasteiger partial charge in [-0.2, -0.15) is 0 Å². The van der Waals surface area contributed by atoms with E-state index in [0.717, 1.165) is 43.9 Å². The van der Waals surface area contributed by atoms with Gasteiger partial charge in [0.25, 0.3) is 5.91 Å². The average Bonchev–Trinajstić information content (AvgIpc) is 3.06. The summed E-state index contributed by atoms with van der Waals surface area (Å²) >= 11 is 1.64. The maximum atomic E-state index is 12.2. The van der Waals surface area contributed by atoms with Gasteiger partial charge in [-0.1, -0.05) is 6.92 Å². The molecule has 0 unspecified atom stereocenters. The highest BCUT2D eigenvalue weighted by Gasteiger charge is 2.14. The van der Waals surface area contributed by atoms with Crippen LogP contribution in [0.4, 0.5) is 11.4 Å². The van der Waals surface area contributed by atoms with E-state index < -0.39 is 0 Å². The topological polar surface area (TPSA) is 35.6 Å². The van der Waals surface area contributed by atoms with Crippen LogP contribution in [0.15, 0.2) is 35.7 Å². The number of amides is 1. The van der Waals surface area contributed by atoms with Crippen LogP contribution in [-0.2, 0) is 6.42 Å². The lowest BCUT2D eigenvalue weighted by atomic mass is 10.2. The van der Waals surface area contributed by atoms with Gasteiger partial charge in [-0.15, -0.1) is 11.3 Å². The standard InChI is InChI=1S/C18H23N3OS/c1-3-17-12-14(13-23-17)18(22)19-15-4-6-16(7-5-15)21-10-8-20(2)9-11-21/h4-7,12-13H,3,8-11H2,1-2H3,(H,19,22). The SMILES string of the molecule is CCc1cc(C(=O)Nc2ccc(N3CCN(C)CC3)cc2)cs1. The zero-order valence-corrected chi connectivity index (χ0v) is 14.5. The van der Waals surface area contributed by atoms with E-state index >= 15 is 0 Å². The molecule has 1 saturated heterocycles. The molecule has 3 rings (SSSR count). The van der Waals surface area contributed by atoms with Crippen LogP contribution in [0.2, 0.25) is 0 Å². The Hall–Kier alpha value is -1.85. The smallest absolute Gasteiger partial charge is 0.256 e. The molecule has 0 atom stereocenters. The van der Waals surface area contributed by atoms with Gasteiger partial charge >= 0.3 is 0 Å². The van der Waals surface area contributed by atoms with Crippen LogP contribution in [-0.4, -0.2) is 44.0 Å². The number of aryl methyl sites for hydroxylation is 1. The Balaban J connectivity index is 1.62. The molecular weight excluding hydrogens is 306 g/mol. The molecular formula is C18H23N3OS.